The summed E-state index contributed by atoms with van der Waals surface area (Å²) in [4.78, 5) is 11.7. The molecule has 36 heavy (non-hydrogen) atoms. The number of nitrogens with zero attached hydrogens (tertiary/aromatic N) is 1. The Morgan fingerprint density at radius 3 is 2.56 bits per heavy atom. The molecule has 0 bridgehead atoms. The Balaban J connectivity index is 1.44. The molecule has 2 N–H and O–H groups in total. The molecule has 0 amide bonds. The van der Waals surface area contributed by atoms with E-state index in [2.05, 4.69) is 22.1 Å². The van der Waals surface area contributed by atoms with Crippen LogP contribution in [0.25, 0.3) is 10.4 Å². The first kappa shape index (κ1) is 26.5. The van der Waals surface area contributed by atoms with E-state index in [9.17, 15) is 13.3 Å². The molecule has 192 valence electrons. The standard InChI is InChI=1S/C28H35N3O3S2/c1-20(17-22-9-4-3-5-10-22)29-19-25-11-6-7-14-26(25)31-36(33,34)28-16-15-27(35-28)24-13-8-12-23(18-24)21(2)30-32/h6-8,11-16,18,20-22,29,31H,3-5,9-10,17,19H2,1-2H3/t20-,21?/m0/s1. The highest BCUT2D eigenvalue weighted by Crippen LogP contribution is 2.34. The van der Waals surface area contributed by atoms with Gasteiger partial charge in [0.1, 0.15) is 10.3 Å². The van der Waals surface area contributed by atoms with Crippen molar-refractivity contribution >= 4 is 27.0 Å². The monoisotopic (exact) mass is 525 g/mol. The zero-order chi connectivity index (χ0) is 25.5. The fourth-order valence-electron chi connectivity index (χ4n) is 4.89. The van der Waals surface area contributed by atoms with Gasteiger partial charge < -0.3 is 5.32 Å². The van der Waals surface area contributed by atoms with Gasteiger partial charge >= 0.3 is 0 Å². The summed E-state index contributed by atoms with van der Waals surface area (Å²) in [5.41, 5.74) is 3.19. The number of nitroso groups, excluding NO2 is 1. The Morgan fingerprint density at radius 1 is 1.00 bits per heavy atom. The number of sulfonamides is 1. The Morgan fingerprint density at radius 2 is 1.78 bits per heavy atom. The predicted molar refractivity (Wildman–Crippen MR) is 149 cm³/mol. The highest BCUT2D eigenvalue weighted by Gasteiger charge is 2.20. The molecule has 6 nitrogen and oxygen atoms in total. The summed E-state index contributed by atoms with van der Waals surface area (Å²) < 4.78 is 29.5. The van der Waals surface area contributed by atoms with E-state index in [1.165, 1.54) is 43.4 Å². The first-order valence-electron chi connectivity index (χ1n) is 12.7. The summed E-state index contributed by atoms with van der Waals surface area (Å²) in [5, 5.41) is 6.69. The third kappa shape index (κ3) is 6.81. The van der Waals surface area contributed by atoms with Gasteiger partial charge in [-0.25, -0.2) is 8.42 Å². The molecule has 1 aliphatic rings. The molecule has 0 radical (unpaired) electrons. The van der Waals surface area contributed by atoms with E-state index in [1.54, 1.807) is 19.1 Å². The Hall–Kier alpha value is -2.55. The van der Waals surface area contributed by atoms with Crippen molar-refractivity contribution in [3.05, 3.63) is 76.7 Å². The molecular formula is C28H35N3O3S2. The maximum absolute atomic E-state index is 13.2. The van der Waals surface area contributed by atoms with Crippen LogP contribution in [0.1, 0.15) is 69.5 Å². The van der Waals surface area contributed by atoms with Crippen molar-refractivity contribution in [3.8, 4) is 10.4 Å². The van der Waals surface area contributed by atoms with Crippen LogP contribution in [0.2, 0.25) is 0 Å². The lowest BCUT2D eigenvalue weighted by molar-refractivity contribution is 0.305. The van der Waals surface area contributed by atoms with Crippen LogP contribution in [0.4, 0.5) is 5.69 Å². The molecular weight excluding hydrogens is 490 g/mol. The average Bonchev–Trinajstić information content (AvgIpc) is 3.40. The molecule has 2 aromatic carbocycles. The minimum Gasteiger partial charge on any atom is -0.310 e. The molecule has 1 heterocycles. The summed E-state index contributed by atoms with van der Waals surface area (Å²) in [6.07, 6.45) is 7.85. The van der Waals surface area contributed by atoms with Gasteiger partial charge in [0.05, 0.1) is 5.69 Å². The maximum atomic E-state index is 13.2. The van der Waals surface area contributed by atoms with Crippen molar-refractivity contribution in [1.29, 1.82) is 0 Å². The molecule has 2 atom stereocenters. The second kappa shape index (κ2) is 12.1. The summed E-state index contributed by atoms with van der Waals surface area (Å²) in [7, 11) is -3.74. The zero-order valence-electron chi connectivity index (χ0n) is 20.9. The van der Waals surface area contributed by atoms with Crippen LogP contribution in [-0.2, 0) is 16.6 Å². The van der Waals surface area contributed by atoms with Crippen molar-refractivity contribution in [3.63, 3.8) is 0 Å². The SMILES string of the molecule is CC(N=O)c1cccc(-c2ccc(S(=O)(=O)Nc3ccccc3CN[C@@H](C)CC3CCCCC3)s2)c1. The fraction of sp³-hybridized carbons (Fsp3) is 0.429. The van der Waals surface area contributed by atoms with Crippen molar-refractivity contribution in [1.82, 2.24) is 5.32 Å². The molecule has 0 saturated heterocycles. The van der Waals surface area contributed by atoms with Gasteiger partial charge in [0.15, 0.2) is 0 Å². The van der Waals surface area contributed by atoms with Crippen molar-refractivity contribution in [2.45, 2.75) is 75.2 Å². The highest BCUT2D eigenvalue weighted by atomic mass is 32.2. The van der Waals surface area contributed by atoms with E-state index in [-0.39, 0.29) is 4.21 Å². The summed E-state index contributed by atoms with van der Waals surface area (Å²) in [6.45, 7) is 4.57. The highest BCUT2D eigenvalue weighted by molar-refractivity contribution is 7.94. The number of rotatable bonds is 11. The first-order valence-corrected chi connectivity index (χ1v) is 15.0. The van der Waals surface area contributed by atoms with Gasteiger partial charge in [-0.15, -0.1) is 11.3 Å². The number of anilines is 1. The minimum atomic E-state index is -3.74. The second-order valence-electron chi connectivity index (χ2n) is 9.81. The minimum absolute atomic E-state index is 0.248. The lowest BCUT2D eigenvalue weighted by Crippen LogP contribution is -2.29. The zero-order valence-corrected chi connectivity index (χ0v) is 22.6. The third-order valence-corrected chi connectivity index (χ3v) is 9.96. The first-order chi connectivity index (χ1) is 17.4. The van der Waals surface area contributed by atoms with E-state index in [0.717, 1.165) is 33.9 Å². The van der Waals surface area contributed by atoms with Gasteiger partial charge in [0.25, 0.3) is 10.0 Å². The number of hydrogen-bond acceptors (Lipinski definition) is 6. The second-order valence-corrected chi connectivity index (χ2v) is 12.8. The van der Waals surface area contributed by atoms with E-state index < -0.39 is 16.1 Å². The van der Waals surface area contributed by atoms with E-state index in [0.29, 0.717) is 18.3 Å². The lowest BCUT2D eigenvalue weighted by Gasteiger charge is -2.25. The topological polar surface area (TPSA) is 87.6 Å². The van der Waals surface area contributed by atoms with E-state index >= 15 is 0 Å². The molecule has 8 heteroatoms. The summed E-state index contributed by atoms with van der Waals surface area (Å²) in [5.74, 6) is 0.793. The van der Waals surface area contributed by atoms with Gasteiger partial charge in [-0.3, -0.25) is 4.72 Å². The van der Waals surface area contributed by atoms with Crippen LogP contribution in [0.5, 0.6) is 0 Å². The van der Waals surface area contributed by atoms with E-state index in [4.69, 9.17) is 0 Å². The quantitative estimate of drug-likeness (QED) is 0.254. The van der Waals surface area contributed by atoms with Crippen molar-refractivity contribution in [2.75, 3.05) is 4.72 Å². The molecule has 1 saturated carbocycles. The smallest absolute Gasteiger partial charge is 0.271 e. The van der Waals surface area contributed by atoms with Gasteiger partial charge in [0, 0.05) is 17.5 Å². The summed E-state index contributed by atoms with van der Waals surface area (Å²) in [6, 6.07) is 18.4. The Kier molecular flexibility index (Phi) is 8.93. The number of para-hydroxylation sites is 1. The van der Waals surface area contributed by atoms with Crippen molar-refractivity contribution < 1.29 is 8.42 Å². The number of benzene rings is 2. The van der Waals surface area contributed by atoms with Crippen LogP contribution < -0.4 is 10.0 Å². The molecule has 1 aromatic heterocycles. The molecule has 0 spiro atoms. The van der Waals surface area contributed by atoms with Gasteiger partial charge in [-0.2, -0.15) is 4.91 Å². The fourth-order valence-corrected chi connectivity index (χ4v) is 7.30. The molecule has 1 unspecified atom stereocenters. The van der Waals surface area contributed by atoms with Gasteiger partial charge in [-0.1, -0.05) is 73.7 Å². The number of nitrogens with one attached hydrogen (secondary N) is 2. The van der Waals surface area contributed by atoms with E-state index in [1.807, 2.05) is 48.5 Å². The summed E-state index contributed by atoms with van der Waals surface area (Å²) >= 11 is 1.21. The number of thiophene rings is 1. The number of hydrogen-bond donors (Lipinski definition) is 2. The Bertz CT molecular complexity index is 1270. The van der Waals surface area contributed by atoms with Crippen LogP contribution in [0, 0.1) is 10.8 Å². The van der Waals surface area contributed by atoms with Crippen molar-refractivity contribution in [2.24, 2.45) is 11.1 Å². The molecule has 3 aromatic rings. The largest absolute Gasteiger partial charge is 0.310 e. The normalized spacial score (nSPS) is 16.4. The van der Waals surface area contributed by atoms with Crippen LogP contribution in [-0.4, -0.2) is 14.5 Å². The molecule has 4 rings (SSSR count). The van der Waals surface area contributed by atoms with Gasteiger partial charge in [-0.05, 0) is 67.1 Å². The van der Waals surface area contributed by atoms with Crippen LogP contribution in [0.15, 0.2) is 70.0 Å². The lowest BCUT2D eigenvalue weighted by atomic mass is 9.85. The molecule has 1 aliphatic carbocycles. The third-order valence-electron chi connectivity index (χ3n) is 6.97. The maximum Gasteiger partial charge on any atom is 0.271 e. The van der Waals surface area contributed by atoms with Gasteiger partial charge in [0.2, 0.25) is 0 Å². The Labute approximate surface area is 218 Å². The van der Waals surface area contributed by atoms with Crippen LogP contribution >= 0.6 is 11.3 Å². The molecule has 1 fully saturated rings. The molecule has 0 aliphatic heterocycles. The van der Waals surface area contributed by atoms with Crippen LogP contribution in [0.3, 0.4) is 0 Å². The predicted octanol–water partition coefficient (Wildman–Crippen LogP) is 7.49. The average molecular weight is 526 g/mol.